The first-order valence-electron chi connectivity index (χ1n) is 10.5. The maximum Gasteiger partial charge on any atom is 0.266 e. The smallest absolute Gasteiger partial charge is 0.266 e. The summed E-state index contributed by atoms with van der Waals surface area (Å²) in [4.78, 5) is 15.9. The van der Waals surface area contributed by atoms with Crippen molar-refractivity contribution in [1.82, 2.24) is 0 Å². The molecule has 0 N–H and O–H groups in total. The van der Waals surface area contributed by atoms with Crippen molar-refractivity contribution in [2.75, 3.05) is 4.90 Å². The molecule has 34 heavy (non-hydrogen) atoms. The Bertz CT molecular complexity index is 1390. The van der Waals surface area contributed by atoms with Crippen molar-refractivity contribution < 1.29 is 9.21 Å². The van der Waals surface area contributed by atoms with Gasteiger partial charge in [0.15, 0.2) is 0 Å². The van der Waals surface area contributed by atoms with Crippen LogP contribution in [0.4, 0.5) is 5.69 Å². The topological polar surface area (TPSA) is 33.5 Å². The van der Waals surface area contributed by atoms with Crippen molar-refractivity contribution in [2.24, 2.45) is 0 Å². The summed E-state index contributed by atoms with van der Waals surface area (Å²) < 4.78 is 6.01. The normalized spacial score (nSPS) is 17.1. The van der Waals surface area contributed by atoms with Crippen molar-refractivity contribution in [3.63, 3.8) is 0 Å². The Morgan fingerprint density at radius 1 is 0.882 bits per heavy atom. The molecule has 3 aromatic carbocycles. The third-order valence-electron chi connectivity index (χ3n) is 5.47. The van der Waals surface area contributed by atoms with Crippen molar-refractivity contribution in [3.8, 4) is 11.3 Å². The molecule has 1 atom stereocenters. The molecule has 1 fully saturated rings. The van der Waals surface area contributed by atoms with Crippen molar-refractivity contribution in [3.05, 3.63) is 116 Å². The van der Waals surface area contributed by atoms with E-state index in [1.165, 1.54) is 11.8 Å². The largest absolute Gasteiger partial charge is 0.457 e. The minimum Gasteiger partial charge on any atom is -0.457 e. The van der Waals surface area contributed by atoms with E-state index in [2.05, 4.69) is 0 Å². The van der Waals surface area contributed by atoms with Crippen LogP contribution >= 0.6 is 46.6 Å². The van der Waals surface area contributed by atoms with Crippen LogP contribution in [0.3, 0.4) is 0 Å². The average Bonchev–Trinajstić information content (AvgIpc) is 3.42. The van der Waals surface area contributed by atoms with Crippen molar-refractivity contribution >= 4 is 64.2 Å². The van der Waals surface area contributed by atoms with E-state index in [0.29, 0.717) is 31.5 Å². The lowest BCUT2D eigenvalue weighted by atomic mass is 10.1. The van der Waals surface area contributed by atoms with Gasteiger partial charge in [0.05, 0.1) is 15.0 Å². The third-order valence-corrected chi connectivity index (χ3v) is 7.72. The van der Waals surface area contributed by atoms with Crippen LogP contribution < -0.4 is 4.90 Å². The molecule has 2 heterocycles. The van der Waals surface area contributed by atoms with E-state index < -0.39 is 0 Å². The van der Waals surface area contributed by atoms with Crippen LogP contribution in [-0.4, -0.2) is 5.91 Å². The fourth-order valence-electron chi connectivity index (χ4n) is 3.71. The van der Waals surface area contributed by atoms with Gasteiger partial charge >= 0.3 is 0 Å². The molecule has 1 aliphatic rings. The lowest BCUT2D eigenvalue weighted by molar-refractivity contribution is -0.114. The number of benzene rings is 3. The highest BCUT2D eigenvalue weighted by Gasteiger charge is 2.38. The van der Waals surface area contributed by atoms with Crippen LogP contribution in [0.15, 0.2) is 88.2 Å². The highest BCUT2D eigenvalue weighted by atomic mass is 35.5. The summed E-state index contributed by atoms with van der Waals surface area (Å²) in [7, 11) is 0. The average molecular weight is 527 g/mol. The number of furan rings is 1. The summed E-state index contributed by atoms with van der Waals surface area (Å²) in [6, 6.07) is 24.5. The van der Waals surface area contributed by atoms with Gasteiger partial charge < -0.3 is 4.42 Å². The molecule has 4 aromatic rings. The van der Waals surface area contributed by atoms with Crippen LogP contribution in [0.25, 0.3) is 17.4 Å². The first-order chi connectivity index (χ1) is 16.4. The molecular formula is C27H18Cl3NO2S. The number of hydrogen-bond donors (Lipinski definition) is 0. The Balaban J connectivity index is 1.50. The number of amides is 1. The Kier molecular flexibility index (Phi) is 6.50. The molecule has 0 unspecified atom stereocenters. The van der Waals surface area contributed by atoms with Gasteiger partial charge in [-0.05, 0) is 67.1 Å². The highest BCUT2D eigenvalue weighted by molar-refractivity contribution is 8.05. The molecule has 3 nitrogen and oxygen atoms in total. The van der Waals surface area contributed by atoms with Gasteiger partial charge in [-0.2, -0.15) is 0 Å². The van der Waals surface area contributed by atoms with Crippen LogP contribution in [0.1, 0.15) is 22.3 Å². The number of carbonyl (C=O) groups excluding carboxylic acids is 1. The monoisotopic (exact) mass is 525 g/mol. The van der Waals surface area contributed by atoms with E-state index in [-0.39, 0.29) is 11.3 Å². The number of halogens is 3. The van der Waals surface area contributed by atoms with Gasteiger partial charge in [-0.25, -0.2) is 0 Å². The summed E-state index contributed by atoms with van der Waals surface area (Å²) in [6.45, 7) is 2.02. The van der Waals surface area contributed by atoms with E-state index in [4.69, 9.17) is 39.2 Å². The van der Waals surface area contributed by atoms with Gasteiger partial charge in [0, 0.05) is 22.3 Å². The minimum atomic E-state index is -0.219. The number of carbonyl (C=O) groups is 1. The molecule has 0 aliphatic carbocycles. The molecule has 7 heteroatoms. The van der Waals surface area contributed by atoms with Gasteiger partial charge in [-0.1, -0.05) is 76.4 Å². The number of thioether (sulfide) groups is 1. The summed E-state index contributed by atoms with van der Waals surface area (Å²) in [5.41, 5.74) is 3.77. The highest BCUT2D eigenvalue weighted by Crippen LogP contribution is 2.48. The molecule has 170 valence electrons. The zero-order valence-electron chi connectivity index (χ0n) is 18.0. The molecule has 0 spiro atoms. The van der Waals surface area contributed by atoms with E-state index in [1.54, 1.807) is 18.2 Å². The maximum atomic E-state index is 13.5. The van der Waals surface area contributed by atoms with E-state index in [1.807, 2.05) is 78.6 Å². The summed E-state index contributed by atoms with van der Waals surface area (Å²) in [5, 5.41) is 1.37. The fourth-order valence-corrected chi connectivity index (χ4v) is 5.38. The predicted molar refractivity (Wildman–Crippen MR) is 143 cm³/mol. The van der Waals surface area contributed by atoms with Gasteiger partial charge in [0.25, 0.3) is 5.91 Å². The number of rotatable bonds is 4. The van der Waals surface area contributed by atoms with E-state index in [9.17, 15) is 4.79 Å². The second-order valence-corrected chi connectivity index (χ2v) is 10.2. The zero-order chi connectivity index (χ0) is 23.8. The van der Waals surface area contributed by atoms with Crippen molar-refractivity contribution in [2.45, 2.75) is 12.3 Å². The van der Waals surface area contributed by atoms with Crippen LogP contribution in [0.5, 0.6) is 0 Å². The molecule has 0 bridgehead atoms. The molecular weight excluding hydrogens is 509 g/mol. The van der Waals surface area contributed by atoms with E-state index >= 15 is 0 Å². The number of hydrogen-bond acceptors (Lipinski definition) is 3. The zero-order valence-corrected chi connectivity index (χ0v) is 21.1. The summed E-state index contributed by atoms with van der Waals surface area (Å²) in [5.74, 6) is 1.14. The fraction of sp³-hybridized carbons (Fsp3) is 0.0741. The lowest BCUT2D eigenvalue weighted by Crippen LogP contribution is -2.27. The Morgan fingerprint density at radius 2 is 1.62 bits per heavy atom. The Labute approximate surface area is 216 Å². The SMILES string of the molecule is Cc1ccc(N2C(=O)/C(=C\c3ccc(-c4ccc(Cl)c(Cl)c4)o3)S[C@H]2c2ccc(Cl)cc2)cc1. The molecule has 1 amide bonds. The van der Waals surface area contributed by atoms with Gasteiger partial charge in [-0.3, -0.25) is 9.69 Å². The molecule has 5 rings (SSSR count). The second kappa shape index (κ2) is 9.55. The first kappa shape index (κ1) is 23.1. The second-order valence-electron chi connectivity index (χ2n) is 7.87. The summed E-state index contributed by atoms with van der Waals surface area (Å²) in [6.07, 6.45) is 1.78. The quantitative estimate of drug-likeness (QED) is 0.249. The maximum absolute atomic E-state index is 13.5. The number of aryl methyl sites for hydroxylation is 1. The van der Waals surface area contributed by atoms with Crippen LogP contribution in [0, 0.1) is 6.92 Å². The molecule has 1 saturated heterocycles. The van der Waals surface area contributed by atoms with Gasteiger partial charge in [0.1, 0.15) is 16.9 Å². The van der Waals surface area contributed by atoms with Crippen LogP contribution in [-0.2, 0) is 4.79 Å². The third kappa shape index (κ3) is 4.64. The standard InChI is InChI=1S/C27H18Cl3NO2S/c1-16-2-9-20(10-3-16)31-26(32)25(34-27(31)17-4-7-19(28)8-5-17)15-21-11-13-24(33-21)18-6-12-22(29)23(30)14-18/h2-15,27H,1H3/b25-15+/t27-/m0/s1. The molecule has 1 aliphatic heterocycles. The number of anilines is 1. The van der Waals surface area contributed by atoms with Gasteiger partial charge in [-0.15, -0.1) is 0 Å². The molecule has 1 aromatic heterocycles. The first-order valence-corrected chi connectivity index (χ1v) is 12.5. The molecule has 0 saturated carbocycles. The predicted octanol–water partition coefficient (Wildman–Crippen LogP) is 9.03. The summed E-state index contributed by atoms with van der Waals surface area (Å²) >= 11 is 19.8. The Morgan fingerprint density at radius 3 is 2.32 bits per heavy atom. The van der Waals surface area contributed by atoms with Gasteiger partial charge in [0.2, 0.25) is 0 Å². The van der Waals surface area contributed by atoms with Crippen LogP contribution in [0.2, 0.25) is 15.1 Å². The lowest BCUT2D eigenvalue weighted by Gasteiger charge is -2.24. The minimum absolute atomic E-state index is 0.0821. The van der Waals surface area contributed by atoms with E-state index in [0.717, 1.165) is 22.4 Å². The van der Waals surface area contributed by atoms with Crippen molar-refractivity contribution in [1.29, 1.82) is 0 Å². The molecule has 0 radical (unpaired) electrons. The number of nitrogens with zero attached hydrogens (tertiary/aromatic N) is 1. The Hall–Kier alpha value is -2.63.